The number of piperidine rings is 1. The number of aryl methyl sites for hydroxylation is 1. The van der Waals surface area contributed by atoms with Gasteiger partial charge in [0.05, 0.1) is 24.7 Å². The van der Waals surface area contributed by atoms with Crippen LogP contribution in [0.15, 0.2) is 55.0 Å². The Kier molecular flexibility index (Phi) is 6.49. The molecule has 0 saturated carbocycles. The van der Waals surface area contributed by atoms with Gasteiger partial charge in [0.25, 0.3) is 5.91 Å². The first-order valence-electron chi connectivity index (χ1n) is 11.8. The number of nitrogens with zero attached hydrogens (tertiary/aromatic N) is 5. The molecule has 3 heterocycles. The molecule has 3 aromatic rings. The minimum Gasteiger partial charge on any atom is -0.481 e. The second-order valence-corrected chi connectivity index (χ2v) is 9.67. The molecule has 2 amide bonds. The smallest absolute Gasteiger partial charge is 0.258 e. The van der Waals surface area contributed by atoms with E-state index in [1.807, 2.05) is 42.5 Å². The molecule has 3 atom stereocenters. The van der Waals surface area contributed by atoms with Crippen LogP contribution in [0.25, 0.3) is 6.08 Å². The van der Waals surface area contributed by atoms with Gasteiger partial charge in [0, 0.05) is 44.5 Å². The quantitative estimate of drug-likeness (QED) is 0.534. The molecular formula is C26H27ClN6O3. The van der Waals surface area contributed by atoms with E-state index in [2.05, 4.69) is 20.4 Å². The Morgan fingerprint density at radius 1 is 1.19 bits per heavy atom. The summed E-state index contributed by atoms with van der Waals surface area (Å²) in [4.78, 5) is 36.2. The zero-order chi connectivity index (χ0) is 25.3. The Hall–Kier alpha value is -3.72. The molecule has 2 aliphatic rings. The van der Waals surface area contributed by atoms with Gasteiger partial charge in [-0.25, -0.2) is 4.68 Å². The van der Waals surface area contributed by atoms with Crippen LogP contribution in [0.5, 0.6) is 5.88 Å². The largest absolute Gasteiger partial charge is 0.481 e. The number of benzene rings is 1. The molecular weight excluding hydrogens is 480 g/mol. The minimum absolute atomic E-state index is 0.128. The zero-order valence-corrected chi connectivity index (χ0v) is 20.9. The summed E-state index contributed by atoms with van der Waals surface area (Å²) < 4.78 is 6.87. The predicted molar refractivity (Wildman–Crippen MR) is 135 cm³/mol. The van der Waals surface area contributed by atoms with Crippen molar-refractivity contribution in [2.24, 2.45) is 7.05 Å². The average molecular weight is 507 g/mol. The number of amides is 2. The third-order valence-corrected chi connectivity index (χ3v) is 7.38. The van der Waals surface area contributed by atoms with Gasteiger partial charge < -0.3 is 15.0 Å². The van der Waals surface area contributed by atoms with Crippen molar-refractivity contribution < 1.29 is 14.3 Å². The maximum atomic E-state index is 13.8. The lowest BCUT2D eigenvalue weighted by Gasteiger charge is -2.42. The summed E-state index contributed by atoms with van der Waals surface area (Å²) in [5, 5.41) is 7.30. The van der Waals surface area contributed by atoms with E-state index < -0.39 is 4.87 Å². The van der Waals surface area contributed by atoms with Gasteiger partial charge in [0.2, 0.25) is 11.8 Å². The van der Waals surface area contributed by atoms with E-state index >= 15 is 0 Å². The van der Waals surface area contributed by atoms with Crippen LogP contribution in [0.4, 0.5) is 0 Å². The first-order valence-corrected chi connectivity index (χ1v) is 12.2. The number of nitrogens with one attached hydrogen (secondary N) is 1. The molecule has 1 aromatic carbocycles. The van der Waals surface area contributed by atoms with Crippen LogP contribution in [0.1, 0.15) is 46.1 Å². The van der Waals surface area contributed by atoms with E-state index in [9.17, 15) is 9.59 Å². The highest BCUT2D eigenvalue weighted by Gasteiger charge is 2.46. The molecule has 5 rings (SSSR count). The highest BCUT2D eigenvalue weighted by atomic mass is 35.5. The summed E-state index contributed by atoms with van der Waals surface area (Å²) in [7, 11) is 3.23. The van der Waals surface area contributed by atoms with Gasteiger partial charge in [-0.1, -0.05) is 36.4 Å². The van der Waals surface area contributed by atoms with E-state index in [0.717, 1.165) is 5.56 Å². The first kappa shape index (κ1) is 24.0. The summed E-state index contributed by atoms with van der Waals surface area (Å²) in [6.07, 6.45) is 9.26. The Balaban J connectivity index is 1.40. The van der Waals surface area contributed by atoms with Gasteiger partial charge in [0.1, 0.15) is 5.56 Å². The van der Waals surface area contributed by atoms with E-state index in [1.54, 1.807) is 24.3 Å². The van der Waals surface area contributed by atoms with Gasteiger partial charge in [0.15, 0.2) is 4.87 Å². The number of hydrogen-bond donors (Lipinski definition) is 1. The average Bonchev–Trinajstić information content (AvgIpc) is 3.29. The highest BCUT2D eigenvalue weighted by Crippen LogP contribution is 2.40. The second kappa shape index (κ2) is 9.73. The summed E-state index contributed by atoms with van der Waals surface area (Å²) in [5.74, 6) is -0.196. The maximum Gasteiger partial charge on any atom is 0.258 e. The Morgan fingerprint density at radius 3 is 2.75 bits per heavy atom. The molecule has 1 aliphatic heterocycles. The Bertz CT molecular complexity index is 1310. The topological polar surface area (TPSA) is 102 Å². The monoisotopic (exact) mass is 506 g/mol. The van der Waals surface area contributed by atoms with Crippen LogP contribution in [0.3, 0.4) is 0 Å². The Labute approximate surface area is 214 Å². The van der Waals surface area contributed by atoms with Gasteiger partial charge >= 0.3 is 0 Å². The molecule has 1 N–H and O–H groups in total. The molecule has 1 saturated heterocycles. The molecule has 0 bridgehead atoms. The lowest BCUT2D eigenvalue weighted by molar-refractivity contribution is -0.136. The highest BCUT2D eigenvalue weighted by molar-refractivity contribution is 6.35. The molecule has 1 unspecified atom stereocenters. The third-order valence-electron chi connectivity index (χ3n) is 6.88. The molecule has 36 heavy (non-hydrogen) atoms. The lowest BCUT2D eigenvalue weighted by Crippen LogP contribution is -2.54. The van der Waals surface area contributed by atoms with Crippen LogP contribution >= 0.6 is 11.6 Å². The van der Waals surface area contributed by atoms with Crippen LogP contribution < -0.4 is 10.1 Å². The summed E-state index contributed by atoms with van der Waals surface area (Å²) in [5.41, 5.74) is 2.49. The SMILES string of the molecule is COc1c(C(=O)N[C@@H]2CCN(C(=O)C3(Cl)CC=Cc4nccnc43)C[C@@H]2c2ccccc2)cnn1C. The van der Waals surface area contributed by atoms with Gasteiger partial charge in [-0.2, -0.15) is 5.10 Å². The van der Waals surface area contributed by atoms with E-state index in [1.165, 1.54) is 18.0 Å². The first-order chi connectivity index (χ1) is 17.4. The number of likely N-dealkylation sites (tertiary alicyclic amines) is 1. The third kappa shape index (κ3) is 4.24. The molecule has 0 spiro atoms. The number of allylic oxidation sites excluding steroid dienone is 1. The van der Waals surface area contributed by atoms with E-state index in [4.69, 9.17) is 16.3 Å². The van der Waals surface area contributed by atoms with Crippen LogP contribution in [0, 0.1) is 0 Å². The second-order valence-electron chi connectivity index (χ2n) is 9.03. The van der Waals surface area contributed by atoms with E-state index in [0.29, 0.717) is 48.8 Å². The number of rotatable bonds is 5. The van der Waals surface area contributed by atoms with Gasteiger partial charge in [-0.3, -0.25) is 19.6 Å². The van der Waals surface area contributed by atoms with Crippen LogP contribution in [0.2, 0.25) is 0 Å². The summed E-state index contributed by atoms with van der Waals surface area (Å²) in [6.45, 7) is 0.858. The van der Waals surface area contributed by atoms with E-state index in [-0.39, 0.29) is 23.8 Å². The fraction of sp³-hybridized carbons (Fsp3) is 0.346. The van der Waals surface area contributed by atoms with Crippen molar-refractivity contribution in [3.63, 3.8) is 0 Å². The number of carbonyl (C=O) groups excluding carboxylic acids is 2. The van der Waals surface area contributed by atoms with Gasteiger partial charge in [-0.05, 0) is 24.5 Å². The molecule has 1 aliphatic carbocycles. The number of aromatic nitrogens is 4. The normalized spacial score (nSPS) is 23.1. The van der Waals surface area contributed by atoms with Crippen LogP contribution in [-0.4, -0.2) is 62.7 Å². The number of carbonyl (C=O) groups is 2. The number of hydrogen-bond acceptors (Lipinski definition) is 6. The number of halogens is 1. The number of alkyl halides is 1. The molecule has 9 nitrogen and oxygen atoms in total. The lowest BCUT2D eigenvalue weighted by atomic mass is 9.84. The summed E-state index contributed by atoms with van der Waals surface area (Å²) in [6, 6.07) is 9.70. The molecule has 186 valence electrons. The Morgan fingerprint density at radius 2 is 1.97 bits per heavy atom. The number of methoxy groups -OCH3 is 1. The summed E-state index contributed by atoms with van der Waals surface area (Å²) >= 11 is 6.98. The predicted octanol–water partition coefficient (Wildman–Crippen LogP) is 2.88. The fourth-order valence-corrected chi connectivity index (χ4v) is 5.42. The van der Waals surface area contributed by atoms with Crippen molar-refractivity contribution in [3.8, 4) is 5.88 Å². The van der Waals surface area contributed by atoms with Crippen molar-refractivity contribution in [1.82, 2.24) is 30.0 Å². The van der Waals surface area contributed by atoms with Crippen molar-refractivity contribution in [1.29, 1.82) is 0 Å². The van der Waals surface area contributed by atoms with Crippen molar-refractivity contribution in [3.05, 3.63) is 77.5 Å². The zero-order valence-electron chi connectivity index (χ0n) is 20.1. The molecule has 10 heteroatoms. The number of ether oxygens (including phenoxy) is 1. The fourth-order valence-electron chi connectivity index (χ4n) is 5.06. The van der Waals surface area contributed by atoms with Crippen molar-refractivity contribution in [2.75, 3.05) is 20.2 Å². The molecule has 0 radical (unpaired) electrons. The van der Waals surface area contributed by atoms with Gasteiger partial charge in [-0.15, -0.1) is 11.6 Å². The number of fused-ring (bicyclic) bond motifs is 1. The standard InChI is InChI=1S/C26H27ClN6O3/c1-32-24(36-2)18(15-30-32)23(34)31-20-10-14-33(16-19(20)17-7-4-3-5-8-17)25(35)26(27)11-6-9-21-22(26)29-13-12-28-21/h3-9,12-13,15,19-20H,10-11,14,16H2,1-2H3,(H,31,34)/t19-,20-,26?/m1/s1. The van der Waals surface area contributed by atoms with Crippen LogP contribution in [-0.2, 0) is 16.7 Å². The molecule has 1 fully saturated rings. The van der Waals surface area contributed by atoms with Crippen molar-refractivity contribution in [2.45, 2.75) is 29.7 Å². The molecule has 2 aromatic heterocycles. The maximum absolute atomic E-state index is 13.8. The minimum atomic E-state index is -1.31. The van der Waals surface area contributed by atoms with Crippen molar-refractivity contribution >= 4 is 29.5 Å².